The minimum atomic E-state index is -0.839. The second-order valence-corrected chi connectivity index (χ2v) is 5.50. The maximum Gasteiger partial charge on any atom is 0.304 e. The number of piperidine rings is 1. The maximum absolute atomic E-state index is 13.6. The Morgan fingerprint density at radius 2 is 2.24 bits per heavy atom. The quantitative estimate of drug-likeness (QED) is 0.677. The van der Waals surface area contributed by atoms with Crippen LogP contribution in [-0.2, 0) is 11.3 Å². The first-order chi connectivity index (χ1) is 9.88. The van der Waals surface area contributed by atoms with Gasteiger partial charge in [-0.1, -0.05) is 6.07 Å². The average molecular weight is 295 g/mol. The minimum Gasteiger partial charge on any atom is -0.369 e. The first-order valence-electron chi connectivity index (χ1n) is 6.84. The molecule has 2 unspecified atom stereocenters. The fraction of sp³-hybridized carbons (Fsp3) is 0.500. The summed E-state index contributed by atoms with van der Waals surface area (Å²) >= 11 is 0. The van der Waals surface area contributed by atoms with Crippen LogP contribution in [-0.4, -0.2) is 28.3 Å². The zero-order valence-corrected chi connectivity index (χ0v) is 11.8. The number of primary amides is 1. The normalized spacial score (nSPS) is 23.0. The van der Waals surface area contributed by atoms with E-state index in [1.165, 1.54) is 12.1 Å². The van der Waals surface area contributed by atoms with Gasteiger partial charge in [-0.15, -0.1) is 0 Å². The smallest absolute Gasteiger partial charge is 0.304 e. The van der Waals surface area contributed by atoms with E-state index >= 15 is 0 Å². The molecule has 0 saturated carbocycles. The highest BCUT2D eigenvalue weighted by molar-refractivity contribution is 5.77. The third-order valence-electron chi connectivity index (χ3n) is 4.01. The molecule has 0 bridgehead atoms. The van der Waals surface area contributed by atoms with Gasteiger partial charge in [0.15, 0.2) is 0 Å². The van der Waals surface area contributed by atoms with Crippen molar-refractivity contribution in [2.75, 3.05) is 6.54 Å². The van der Waals surface area contributed by atoms with Crippen LogP contribution in [0.15, 0.2) is 18.2 Å². The van der Waals surface area contributed by atoms with Gasteiger partial charge in [-0.05, 0) is 31.4 Å². The van der Waals surface area contributed by atoms with Crippen LogP contribution in [0, 0.1) is 21.8 Å². The summed E-state index contributed by atoms with van der Waals surface area (Å²) in [6.07, 6.45) is 1.62. The number of carbonyl (C=O) groups excluding carboxylic acids is 1. The zero-order valence-electron chi connectivity index (χ0n) is 11.8. The number of benzene rings is 1. The summed E-state index contributed by atoms with van der Waals surface area (Å²) < 4.78 is 13.6. The van der Waals surface area contributed by atoms with Crippen molar-refractivity contribution in [2.45, 2.75) is 32.4 Å². The lowest BCUT2D eigenvalue weighted by Gasteiger charge is -2.36. The highest BCUT2D eigenvalue weighted by Crippen LogP contribution is 2.25. The Labute approximate surface area is 121 Å². The summed E-state index contributed by atoms with van der Waals surface area (Å²) in [5, 5.41) is 10.6. The van der Waals surface area contributed by atoms with Crippen molar-refractivity contribution in [1.29, 1.82) is 0 Å². The molecule has 1 aliphatic rings. The molecule has 21 heavy (non-hydrogen) atoms. The summed E-state index contributed by atoms with van der Waals surface area (Å²) in [6, 6.07) is 4.16. The monoisotopic (exact) mass is 295 g/mol. The van der Waals surface area contributed by atoms with E-state index in [4.69, 9.17) is 5.73 Å². The molecule has 2 N–H and O–H groups in total. The Morgan fingerprint density at radius 1 is 1.52 bits per heavy atom. The first-order valence-corrected chi connectivity index (χ1v) is 6.84. The molecule has 114 valence electrons. The van der Waals surface area contributed by atoms with Crippen molar-refractivity contribution in [3.8, 4) is 0 Å². The van der Waals surface area contributed by atoms with E-state index in [-0.39, 0.29) is 17.9 Å². The molecule has 1 heterocycles. The SMILES string of the molecule is CC1CCC(C(N)=O)CN1Cc1ccc([N+](=O)[O-])c(F)c1. The van der Waals surface area contributed by atoms with Gasteiger partial charge >= 0.3 is 5.69 Å². The van der Waals surface area contributed by atoms with Crippen molar-refractivity contribution >= 4 is 11.6 Å². The largest absolute Gasteiger partial charge is 0.369 e. The van der Waals surface area contributed by atoms with Crippen LogP contribution in [0.4, 0.5) is 10.1 Å². The maximum atomic E-state index is 13.6. The molecule has 0 aromatic heterocycles. The molecule has 1 amide bonds. The molecule has 7 heteroatoms. The number of nitro groups is 1. The lowest BCUT2D eigenvalue weighted by molar-refractivity contribution is -0.387. The summed E-state index contributed by atoms with van der Waals surface area (Å²) in [7, 11) is 0. The molecule has 1 fully saturated rings. The van der Waals surface area contributed by atoms with Crippen LogP contribution in [0.1, 0.15) is 25.3 Å². The lowest BCUT2D eigenvalue weighted by atomic mass is 9.92. The number of halogens is 1. The van der Waals surface area contributed by atoms with Crippen molar-refractivity contribution in [3.05, 3.63) is 39.7 Å². The molecule has 1 aliphatic heterocycles. The third-order valence-corrected chi connectivity index (χ3v) is 4.01. The Hall–Kier alpha value is -2.02. The van der Waals surface area contributed by atoms with Crippen molar-refractivity contribution < 1.29 is 14.1 Å². The van der Waals surface area contributed by atoms with Crippen LogP contribution in [0.3, 0.4) is 0 Å². The number of rotatable bonds is 4. The molecule has 1 saturated heterocycles. The van der Waals surface area contributed by atoms with Crippen molar-refractivity contribution in [3.63, 3.8) is 0 Å². The number of hydrogen-bond donors (Lipinski definition) is 1. The molecule has 1 aromatic carbocycles. The van der Waals surface area contributed by atoms with Crippen LogP contribution in [0.5, 0.6) is 0 Å². The summed E-state index contributed by atoms with van der Waals surface area (Å²) in [5.41, 5.74) is 5.47. The number of likely N-dealkylation sites (tertiary alicyclic amines) is 1. The standard InChI is InChI=1S/C14H18FN3O3/c1-9-2-4-11(14(16)19)8-17(9)7-10-3-5-13(18(20)21)12(15)6-10/h3,5-6,9,11H,2,4,7-8H2,1H3,(H2,16,19). The third kappa shape index (κ3) is 3.55. The van der Waals surface area contributed by atoms with Crippen LogP contribution < -0.4 is 5.73 Å². The van der Waals surface area contributed by atoms with Crippen LogP contribution in [0.2, 0.25) is 0 Å². The average Bonchev–Trinajstić information content (AvgIpc) is 2.40. The van der Waals surface area contributed by atoms with E-state index in [1.54, 1.807) is 6.07 Å². The Morgan fingerprint density at radius 3 is 2.81 bits per heavy atom. The van der Waals surface area contributed by atoms with E-state index in [9.17, 15) is 19.3 Å². The highest BCUT2D eigenvalue weighted by atomic mass is 19.1. The second-order valence-electron chi connectivity index (χ2n) is 5.50. The summed E-state index contributed by atoms with van der Waals surface area (Å²) in [6.45, 7) is 3.02. The van der Waals surface area contributed by atoms with Crippen LogP contribution >= 0.6 is 0 Å². The van der Waals surface area contributed by atoms with Gasteiger partial charge in [0.25, 0.3) is 0 Å². The molecule has 0 aliphatic carbocycles. The number of amides is 1. The highest BCUT2D eigenvalue weighted by Gasteiger charge is 2.28. The fourth-order valence-corrected chi connectivity index (χ4v) is 2.66. The number of nitrogens with zero attached hydrogens (tertiary/aromatic N) is 2. The van der Waals surface area contributed by atoms with E-state index in [0.717, 1.165) is 12.8 Å². The number of carbonyl (C=O) groups is 1. The second kappa shape index (κ2) is 6.17. The first kappa shape index (κ1) is 15.4. The molecule has 1 aromatic rings. The number of hydrogen-bond acceptors (Lipinski definition) is 4. The molecule has 0 spiro atoms. The number of nitro benzene ring substituents is 1. The van der Waals surface area contributed by atoms with Crippen LogP contribution in [0.25, 0.3) is 0 Å². The minimum absolute atomic E-state index is 0.191. The Kier molecular flexibility index (Phi) is 4.52. The topological polar surface area (TPSA) is 89.5 Å². The summed E-state index contributed by atoms with van der Waals surface area (Å²) in [4.78, 5) is 23.2. The zero-order chi connectivity index (χ0) is 15.6. The van der Waals surface area contributed by atoms with Gasteiger partial charge in [0.1, 0.15) is 0 Å². The Bertz CT molecular complexity index is 564. The van der Waals surface area contributed by atoms with Gasteiger partial charge in [0, 0.05) is 25.2 Å². The molecular weight excluding hydrogens is 277 g/mol. The summed E-state index contributed by atoms with van der Waals surface area (Å²) in [5.74, 6) is -1.35. The Balaban J connectivity index is 2.11. The van der Waals surface area contributed by atoms with E-state index < -0.39 is 16.4 Å². The van der Waals surface area contributed by atoms with Gasteiger partial charge < -0.3 is 5.73 Å². The molecule has 0 radical (unpaired) electrons. The van der Waals surface area contributed by atoms with Gasteiger partial charge in [0.2, 0.25) is 11.7 Å². The van der Waals surface area contributed by atoms with E-state index in [0.29, 0.717) is 18.7 Å². The molecule has 2 rings (SSSR count). The van der Waals surface area contributed by atoms with Gasteiger partial charge in [-0.3, -0.25) is 19.8 Å². The van der Waals surface area contributed by atoms with Gasteiger partial charge in [0.05, 0.1) is 10.8 Å². The molecule has 6 nitrogen and oxygen atoms in total. The lowest BCUT2D eigenvalue weighted by Crippen LogP contribution is -2.45. The van der Waals surface area contributed by atoms with Gasteiger partial charge in [-0.25, -0.2) is 0 Å². The van der Waals surface area contributed by atoms with Crippen molar-refractivity contribution in [1.82, 2.24) is 4.90 Å². The van der Waals surface area contributed by atoms with E-state index in [1.807, 2.05) is 6.92 Å². The van der Waals surface area contributed by atoms with Crippen molar-refractivity contribution in [2.24, 2.45) is 11.7 Å². The molecular formula is C14H18FN3O3. The fourth-order valence-electron chi connectivity index (χ4n) is 2.66. The van der Waals surface area contributed by atoms with Gasteiger partial charge in [-0.2, -0.15) is 4.39 Å². The van der Waals surface area contributed by atoms with E-state index in [2.05, 4.69) is 4.90 Å². The predicted octanol–water partition coefficient (Wildman–Crippen LogP) is 1.82. The molecule has 2 atom stereocenters. The number of nitrogens with two attached hydrogens (primary N) is 1. The predicted molar refractivity (Wildman–Crippen MR) is 74.8 cm³/mol.